The summed E-state index contributed by atoms with van der Waals surface area (Å²) in [5.41, 5.74) is 10.9. The Labute approximate surface area is 161 Å². The molecule has 29 heavy (non-hydrogen) atoms. The summed E-state index contributed by atoms with van der Waals surface area (Å²) in [6.07, 6.45) is -1.26. The Hall–Kier alpha value is -3.69. The molecule has 10 heteroatoms. The summed E-state index contributed by atoms with van der Waals surface area (Å²) in [5, 5.41) is 0.839. The molecule has 4 aromatic rings. The van der Waals surface area contributed by atoms with E-state index in [-0.39, 0.29) is 12.0 Å². The van der Waals surface area contributed by atoms with Crippen LogP contribution in [-0.4, -0.2) is 19.9 Å². The van der Waals surface area contributed by atoms with Crippen molar-refractivity contribution in [3.63, 3.8) is 0 Å². The highest BCUT2D eigenvalue weighted by Gasteiger charge is 2.37. The third-order valence-corrected chi connectivity index (χ3v) is 4.50. The third-order valence-electron chi connectivity index (χ3n) is 4.50. The summed E-state index contributed by atoms with van der Waals surface area (Å²) in [5.74, 6) is -1.75. The molecule has 0 aliphatic heterocycles. The van der Waals surface area contributed by atoms with Crippen molar-refractivity contribution in [3.8, 4) is 11.1 Å². The first kappa shape index (κ1) is 18.7. The minimum Gasteiger partial charge on any atom is -0.383 e. The topological polar surface area (TPSA) is 106 Å². The monoisotopic (exact) mass is 402 g/mol. The maximum absolute atomic E-state index is 14.8. The number of aromatic amines is 1. The number of H-pyrrole nitrogens is 1. The molecule has 0 aliphatic carbocycles. The van der Waals surface area contributed by atoms with Gasteiger partial charge in [-0.25, -0.2) is 14.4 Å². The number of halogens is 4. The number of anilines is 2. The van der Waals surface area contributed by atoms with Gasteiger partial charge >= 0.3 is 6.18 Å². The van der Waals surface area contributed by atoms with Gasteiger partial charge in [0.1, 0.15) is 17.3 Å². The molecule has 4 rings (SSSR count). The first-order valence-electron chi connectivity index (χ1n) is 8.44. The molecule has 5 N–H and O–H groups in total. The highest BCUT2D eigenvalue weighted by atomic mass is 19.4. The number of aromatic nitrogens is 4. The van der Waals surface area contributed by atoms with Crippen LogP contribution in [0, 0.1) is 5.82 Å². The highest BCUT2D eigenvalue weighted by Crippen LogP contribution is 2.39. The molecule has 0 spiro atoms. The summed E-state index contributed by atoms with van der Waals surface area (Å²) >= 11 is 0. The summed E-state index contributed by atoms with van der Waals surface area (Å²) in [4.78, 5) is 14.0. The fraction of sp³-hybridized carbons (Fsp3) is 0.105. The van der Waals surface area contributed by atoms with Crippen molar-refractivity contribution in [2.24, 2.45) is 0 Å². The van der Waals surface area contributed by atoms with E-state index in [2.05, 4.69) is 19.9 Å². The molecule has 6 nitrogen and oxygen atoms in total. The van der Waals surface area contributed by atoms with Gasteiger partial charge in [0.15, 0.2) is 5.69 Å². The molecule has 0 saturated heterocycles. The Morgan fingerprint density at radius 1 is 1.00 bits per heavy atom. The number of benzene rings is 1. The zero-order valence-electron chi connectivity index (χ0n) is 14.8. The maximum Gasteiger partial charge on any atom is 0.434 e. The van der Waals surface area contributed by atoms with Gasteiger partial charge in [0.05, 0.1) is 5.56 Å². The van der Waals surface area contributed by atoms with Crippen LogP contribution in [0.25, 0.3) is 22.2 Å². The number of pyridine rings is 1. The maximum atomic E-state index is 14.8. The van der Waals surface area contributed by atoms with E-state index in [1.165, 1.54) is 12.1 Å². The smallest absolute Gasteiger partial charge is 0.383 e. The second-order valence-electron chi connectivity index (χ2n) is 6.38. The van der Waals surface area contributed by atoms with E-state index in [0.29, 0.717) is 11.2 Å². The largest absolute Gasteiger partial charge is 0.434 e. The van der Waals surface area contributed by atoms with Gasteiger partial charge in [-0.15, -0.1) is 0 Å². The Balaban J connectivity index is 1.76. The van der Waals surface area contributed by atoms with Crippen LogP contribution < -0.4 is 11.5 Å². The fourth-order valence-corrected chi connectivity index (χ4v) is 3.21. The van der Waals surface area contributed by atoms with Crippen LogP contribution in [-0.2, 0) is 12.6 Å². The molecule has 148 valence electrons. The molecule has 0 unspecified atom stereocenters. The molecule has 3 heterocycles. The van der Waals surface area contributed by atoms with Gasteiger partial charge in [-0.05, 0) is 34.9 Å². The van der Waals surface area contributed by atoms with Crippen molar-refractivity contribution in [1.29, 1.82) is 0 Å². The Bertz CT molecular complexity index is 1220. The highest BCUT2D eigenvalue weighted by molar-refractivity contribution is 5.80. The number of fused-ring (bicyclic) bond motifs is 1. The van der Waals surface area contributed by atoms with E-state index >= 15 is 0 Å². The van der Waals surface area contributed by atoms with E-state index in [1.807, 2.05) is 6.07 Å². The number of hydrogen-bond donors (Lipinski definition) is 3. The van der Waals surface area contributed by atoms with Crippen molar-refractivity contribution >= 4 is 22.8 Å². The lowest BCUT2D eigenvalue weighted by Crippen LogP contribution is -2.15. The second-order valence-corrected chi connectivity index (χ2v) is 6.38. The van der Waals surface area contributed by atoms with Crippen molar-refractivity contribution in [2.75, 3.05) is 11.5 Å². The number of nitrogens with zero attached hydrogens (tertiary/aromatic N) is 3. The first-order valence-corrected chi connectivity index (χ1v) is 8.44. The van der Waals surface area contributed by atoms with Gasteiger partial charge in [-0.1, -0.05) is 12.1 Å². The number of hydrogen-bond acceptors (Lipinski definition) is 5. The molecule has 0 bridgehead atoms. The lowest BCUT2D eigenvalue weighted by atomic mass is 9.98. The zero-order chi connectivity index (χ0) is 20.8. The van der Waals surface area contributed by atoms with E-state index in [9.17, 15) is 17.6 Å². The van der Waals surface area contributed by atoms with Crippen LogP contribution in [0.4, 0.5) is 29.3 Å². The van der Waals surface area contributed by atoms with E-state index in [0.717, 1.165) is 17.0 Å². The Morgan fingerprint density at radius 2 is 1.79 bits per heavy atom. The van der Waals surface area contributed by atoms with Gasteiger partial charge in [-0.2, -0.15) is 18.2 Å². The summed E-state index contributed by atoms with van der Waals surface area (Å²) in [7, 11) is 0. The lowest BCUT2D eigenvalue weighted by Gasteiger charge is -2.15. The first-order chi connectivity index (χ1) is 13.7. The van der Waals surface area contributed by atoms with Crippen molar-refractivity contribution < 1.29 is 17.6 Å². The number of nitrogens with two attached hydrogens (primary N) is 2. The molecular formula is C19H14F4N6. The van der Waals surface area contributed by atoms with Gasteiger partial charge in [0.25, 0.3) is 0 Å². The molecule has 0 fully saturated rings. The molecular weight excluding hydrogens is 388 g/mol. The second kappa shape index (κ2) is 6.73. The molecule has 0 radical (unpaired) electrons. The van der Waals surface area contributed by atoms with E-state index in [1.54, 1.807) is 18.5 Å². The normalized spacial score (nSPS) is 11.9. The molecule has 0 saturated carbocycles. The average molecular weight is 402 g/mol. The molecule has 3 aromatic heterocycles. The van der Waals surface area contributed by atoms with Gasteiger partial charge in [-0.3, -0.25) is 0 Å². The van der Waals surface area contributed by atoms with Crippen molar-refractivity contribution in [2.45, 2.75) is 12.6 Å². The van der Waals surface area contributed by atoms with Crippen molar-refractivity contribution in [1.82, 2.24) is 19.9 Å². The molecule has 0 amide bonds. The molecule has 1 aromatic carbocycles. The number of nitrogens with one attached hydrogen (secondary N) is 1. The van der Waals surface area contributed by atoms with Crippen LogP contribution >= 0.6 is 0 Å². The molecule has 0 atom stereocenters. The molecule has 0 aliphatic rings. The van der Waals surface area contributed by atoms with Crippen LogP contribution in [0.3, 0.4) is 0 Å². The Kier molecular flexibility index (Phi) is 4.33. The lowest BCUT2D eigenvalue weighted by molar-refractivity contribution is -0.140. The third kappa shape index (κ3) is 3.44. The fourth-order valence-electron chi connectivity index (χ4n) is 3.21. The standard InChI is InChI=1S/C19H14F4N6/c20-13-8-11(14-15(19(21,22)23)28-18(25)29-16(14)24)2-1-10(13)7-9-3-5-26-17-12(9)4-6-27-17/h1-6,8H,7H2,(H,26,27)(H4,24,25,28,29). The number of alkyl halides is 3. The van der Waals surface area contributed by atoms with Gasteiger partial charge < -0.3 is 16.5 Å². The SMILES string of the molecule is Nc1nc(N)c(-c2ccc(Cc3ccnc4[nH]ccc34)c(F)c2)c(C(F)(F)F)n1. The van der Waals surface area contributed by atoms with Crippen LogP contribution in [0.1, 0.15) is 16.8 Å². The van der Waals surface area contributed by atoms with Gasteiger partial charge in [0, 0.05) is 24.2 Å². The van der Waals surface area contributed by atoms with Crippen LogP contribution in [0.5, 0.6) is 0 Å². The Morgan fingerprint density at radius 3 is 2.52 bits per heavy atom. The van der Waals surface area contributed by atoms with Crippen LogP contribution in [0.2, 0.25) is 0 Å². The van der Waals surface area contributed by atoms with Gasteiger partial charge in [0.2, 0.25) is 5.95 Å². The van der Waals surface area contributed by atoms with Crippen LogP contribution in [0.15, 0.2) is 42.7 Å². The predicted octanol–water partition coefficient (Wildman–Crippen LogP) is 3.93. The number of rotatable bonds is 3. The zero-order valence-corrected chi connectivity index (χ0v) is 14.8. The summed E-state index contributed by atoms with van der Waals surface area (Å²) in [6.45, 7) is 0. The summed E-state index contributed by atoms with van der Waals surface area (Å²) in [6, 6.07) is 7.35. The van der Waals surface area contributed by atoms with E-state index < -0.39 is 35.0 Å². The average Bonchev–Trinajstić information content (AvgIpc) is 3.12. The van der Waals surface area contributed by atoms with Crippen molar-refractivity contribution in [3.05, 3.63) is 65.4 Å². The minimum absolute atomic E-state index is 0.0856. The number of nitrogen functional groups attached to an aromatic ring is 2. The van der Waals surface area contributed by atoms with E-state index in [4.69, 9.17) is 11.5 Å². The summed E-state index contributed by atoms with van der Waals surface area (Å²) < 4.78 is 54.9. The quantitative estimate of drug-likeness (QED) is 0.450. The minimum atomic E-state index is -4.83. The predicted molar refractivity (Wildman–Crippen MR) is 100 cm³/mol.